The molecule has 1 aliphatic rings. The van der Waals surface area contributed by atoms with Crippen molar-refractivity contribution < 1.29 is 19.4 Å². The van der Waals surface area contributed by atoms with Crippen LogP contribution < -0.4 is 0 Å². The quantitative estimate of drug-likeness (QED) is 0.778. The Morgan fingerprint density at radius 2 is 2.08 bits per heavy atom. The van der Waals surface area contributed by atoms with E-state index in [9.17, 15) is 14.7 Å². The van der Waals surface area contributed by atoms with E-state index in [4.69, 9.17) is 16.3 Å². The van der Waals surface area contributed by atoms with Gasteiger partial charge in [0.15, 0.2) is 0 Å². The van der Waals surface area contributed by atoms with Gasteiger partial charge >= 0.3 is 5.97 Å². The number of benzene rings is 1. The zero-order valence-electron chi connectivity index (χ0n) is 13.8. The molecule has 132 valence electrons. The minimum absolute atomic E-state index is 0.0450. The number of amides is 1. The maximum atomic E-state index is 12.7. The van der Waals surface area contributed by atoms with Crippen molar-refractivity contribution in [2.75, 3.05) is 26.8 Å². The van der Waals surface area contributed by atoms with Gasteiger partial charge in [-0.05, 0) is 44.0 Å². The number of halogens is 1. The highest BCUT2D eigenvalue weighted by Crippen LogP contribution is 2.33. The zero-order valence-corrected chi connectivity index (χ0v) is 15.4. The summed E-state index contributed by atoms with van der Waals surface area (Å²) in [5.41, 5.74) is -1.01. The molecule has 1 saturated heterocycles. The summed E-state index contributed by atoms with van der Waals surface area (Å²) in [4.78, 5) is 27.0. The number of hydrogen-bond donors (Lipinski definition) is 1. The molecule has 1 fully saturated rings. The molecule has 5 nitrogen and oxygen atoms in total. The monoisotopic (exact) mass is 371 g/mol. The van der Waals surface area contributed by atoms with E-state index in [1.807, 2.05) is 19.1 Å². The first kappa shape index (κ1) is 19.1. The van der Waals surface area contributed by atoms with Gasteiger partial charge in [0.1, 0.15) is 5.41 Å². The minimum atomic E-state index is -1.01. The Labute approximate surface area is 151 Å². The topological polar surface area (TPSA) is 66.8 Å². The lowest BCUT2D eigenvalue weighted by atomic mass is 9.80. The Morgan fingerprint density at radius 3 is 2.67 bits per heavy atom. The number of thioether (sulfide) groups is 1. The Morgan fingerprint density at radius 1 is 1.42 bits per heavy atom. The number of methoxy groups -OCH3 is 1. The summed E-state index contributed by atoms with van der Waals surface area (Å²) in [5, 5.41) is 9.94. The molecule has 1 aromatic carbocycles. The lowest BCUT2D eigenvalue weighted by Crippen LogP contribution is -2.53. The summed E-state index contributed by atoms with van der Waals surface area (Å²) in [6.45, 7) is 2.74. The van der Waals surface area contributed by atoms with E-state index in [1.54, 1.807) is 17.0 Å². The summed E-state index contributed by atoms with van der Waals surface area (Å²) < 4.78 is 5.10. The maximum absolute atomic E-state index is 12.7. The van der Waals surface area contributed by atoms with Gasteiger partial charge in [0, 0.05) is 30.1 Å². The Kier molecular flexibility index (Phi) is 6.54. The van der Waals surface area contributed by atoms with Gasteiger partial charge in [0.05, 0.1) is 11.9 Å². The molecule has 2 atom stereocenters. The summed E-state index contributed by atoms with van der Waals surface area (Å²) in [6, 6.07) is 7.32. The molecule has 0 radical (unpaired) electrons. The van der Waals surface area contributed by atoms with E-state index in [0.717, 1.165) is 4.90 Å². The third kappa shape index (κ3) is 4.43. The molecule has 1 amide bonds. The van der Waals surface area contributed by atoms with Crippen molar-refractivity contribution in [3.8, 4) is 0 Å². The first-order valence-electron chi connectivity index (χ1n) is 7.81. The number of carbonyl (C=O) groups excluding carboxylic acids is 1. The Hall–Kier alpha value is -1.24. The Bertz CT molecular complexity index is 591. The predicted octanol–water partition coefficient (Wildman–Crippen LogP) is 3.16. The van der Waals surface area contributed by atoms with Gasteiger partial charge in [0.2, 0.25) is 5.91 Å². The van der Waals surface area contributed by atoms with Crippen molar-refractivity contribution >= 4 is 35.2 Å². The van der Waals surface area contributed by atoms with Crippen LogP contribution in [-0.4, -0.2) is 53.9 Å². The molecule has 0 bridgehead atoms. The summed E-state index contributed by atoms with van der Waals surface area (Å²) in [7, 11) is 1.49. The van der Waals surface area contributed by atoms with Crippen LogP contribution >= 0.6 is 23.4 Å². The van der Waals surface area contributed by atoms with Crippen molar-refractivity contribution in [1.29, 1.82) is 0 Å². The number of carbonyl (C=O) groups is 2. The summed E-state index contributed by atoms with van der Waals surface area (Å²) in [5.74, 6) is -0.948. The molecule has 0 saturated carbocycles. The average Bonchev–Trinajstić information content (AvgIpc) is 2.56. The number of carboxylic acid groups (broad SMARTS) is 1. The molecular formula is C17H22ClNO4S. The largest absolute Gasteiger partial charge is 0.481 e. The van der Waals surface area contributed by atoms with E-state index in [0.29, 0.717) is 24.4 Å². The van der Waals surface area contributed by atoms with Crippen molar-refractivity contribution in [1.82, 2.24) is 4.90 Å². The molecule has 0 spiro atoms. The van der Waals surface area contributed by atoms with Crippen LogP contribution in [0.5, 0.6) is 0 Å². The number of carboxylic acids is 1. The molecule has 2 unspecified atom stereocenters. The summed E-state index contributed by atoms with van der Waals surface area (Å²) >= 11 is 7.32. The van der Waals surface area contributed by atoms with Gasteiger partial charge in [0.25, 0.3) is 0 Å². The van der Waals surface area contributed by atoms with Crippen molar-refractivity contribution in [3.63, 3.8) is 0 Å². The first-order chi connectivity index (χ1) is 11.4. The molecule has 7 heteroatoms. The van der Waals surface area contributed by atoms with Crippen LogP contribution in [0.4, 0.5) is 0 Å². The number of nitrogens with zero attached hydrogens (tertiary/aromatic N) is 1. The lowest BCUT2D eigenvalue weighted by Gasteiger charge is -2.40. The van der Waals surface area contributed by atoms with Crippen LogP contribution in [0.2, 0.25) is 5.02 Å². The fraction of sp³-hybridized carbons (Fsp3) is 0.529. The van der Waals surface area contributed by atoms with Gasteiger partial charge in [-0.3, -0.25) is 9.59 Å². The van der Waals surface area contributed by atoms with Crippen molar-refractivity contribution in [2.24, 2.45) is 5.41 Å². The average molecular weight is 372 g/mol. The third-order valence-electron chi connectivity index (χ3n) is 4.24. The summed E-state index contributed by atoms with van der Waals surface area (Å²) in [6.07, 6.45) is 1.19. The molecule has 2 rings (SSSR count). The highest BCUT2D eigenvalue weighted by atomic mass is 35.5. The van der Waals surface area contributed by atoms with Crippen LogP contribution in [0.1, 0.15) is 19.8 Å². The van der Waals surface area contributed by atoms with Gasteiger partial charge in [-0.15, -0.1) is 11.8 Å². The molecule has 0 aliphatic carbocycles. The van der Waals surface area contributed by atoms with Crippen LogP contribution in [0, 0.1) is 5.41 Å². The second kappa shape index (κ2) is 8.23. The second-order valence-electron chi connectivity index (χ2n) is 6.10. The van der Waals surface area contributed by atoms with Gasteiger partial charge in [-0.1, -0.05) is 11.6 Å². The maximum Gasteiger partial charge on any atom is 0.313 e. The number of likely N-dealkylation sites (tertiary alicyclic amines) is 1. The fourth-order valence-corrected chi connectivity index (χ4v) is 4.05. The number of piperidine rings is 1. The molecular weight excluding hydrogens is 350 g/mol. The van der Waals surface area contributed by atoms with Crippen LogP contribution in [0.25, 0.3) is 0 Å². The Balaban J connectivity index is 2.04. The third-order valence-corrected chi connectivity index (χ3v) is 5.59. The molecule has 1 heterocycles. The smallest absolute Gasteiger partial charge is 0.313 e. The first-order valence-corrected chi connectivity index (χ1v) is 9.07. The minimum Gasteiger partial charge on any atom is -0.481 e. The number of rotatable bonds is 6. The van der Waals surface area contributed by atoms with E-state index < -0.39 is 11.4 Å². The van der Waals surface area contributed by atoms with Gasteiger partial charge < -0.3 is 14.7 Å². The molecule has 24 heavy (non-hydrogen) atoms. The highest BCUT2D eigenvalue weighted by Gasteiger charge is 2.44. The van der Waals surface area contributed by atoms with E-state index >= 15 is 0 Å². The SMILES string of the molecule is COCC1(C(=O)O)CCCN(C(=O)C(C)Sc2ccc(Cl)cc2)C1. The molecule has 1 N–H and O–H groups in total. The lowest BCUT2D eigenvalue weighted by molar-refractivity contribution is -0.159. The van der Waals surface area contributed by atoms with Crippen molar-refractivity contribution in [2.45, 2.75) is 29.9 Å². The van der Waals surface area contributed by atoms with Crippen LogP contribution in [-0.2, 0) is 14.3 Å². The molecule has 0 aromatic heterocycles. The van der Waals surface area contributed by atoms with Gasteiger partial charge in [-0.2, -0.15) is 0 Å². The second-order valence-corrected chi connectivity index (χ2v) is 7.95. The predicted molar refractivity (Wildman–Crippen MR) is 94.5 cm³/mol. The number of hydrogen-bond acceptors (Lipinski definition) is 4. The number of aliphatic carboxylic acids is 1. The zero-order chi connectivity index (χ0) is 17.7. The number of ether oxygens (including phenoxy) is 1. The van der Waals surface area contributed by atoms with Gasteiger partial charge in [-0.25, -0.2) is 0 Å². The fourth-order valence-electron chi connectivity index (χ4n) is 2.98. The molecule has 1 aromatic rings. The molecule has 1 aliphatic heterocycles. The van der Waals surface area contributed by atoms with E-state index in [2.05, 4.69) is 0 Å². The van der Waals surface area contributed by atoms with Crippen molar-refractivity contribution in [3.05, 3.63) is 29.3 Å². The normalized spacial score (nSPS) is 22.2. The van der Waals surface area contributed by atoms with Crippen LogP contribution in [0.15, 0.2) is 29.2 Å². The van der Waals surface area contributed by atoms with E-state index in [1.165, 1.54) is 18.9 Å². The van der Waals surface area contributed by atoms with Crippen LogP contribution in [0.3, 0.4) is 0 Å². The van der Waals surface area contributed by atoms with E-state index in [-0.39, 0.29) is 24.3 Å². The standard InChI is InChI=1S/C17H22ClNO4S/c1-12(24-14-6-4-13(18)5-7-14)15(20)19-9-3-8-17(10-19,11-23-2)16(21)22/h4-7,12H,3,8-11H2,1-2H3,(H,21,22). The highest BCUT2D eigenvalue weighted by molar-refractivity contribution is 8.00.